The lowest BCUT2D eigenvalue weighted by Gasteiger charge is -2.34. The van der Waals surface area contributed by atoms with E-state index in [1.807, 2.05) is 12.1 Å². The summed E-state index contributed by atoms with van der Waals surface area (Å²) in [5.74, 6) is 0.961. The Morgan fingerprint density at radius 1 is 1.32 bits per heavy atom. The first-order valence-corrected chi connectivity index (χ1v) is 10.1. The molecule has 1 atom stereocenters. The van der Waals surface area contributed by atoms with Crippen LogP contribution in [0.3, 0.4) is 0 Å². The summed E-state index contributed by atoms with van der Waals surface area (Å²) in [6.45, 7) is 3.22. The van der Waals surface area contributed by atoms with Gasteiger partial charge in [-0.2, -0.15) is 0 Å². The molecule has 0 fully saturated rings. The van der Waals surface area contributed by atoms with Crippen LogP contribution in [0.4, 0.5) is 10.5 Å². The molecule has 2 aromatic rings. The van der Waals surface area contributed by atoms with E-state index in [9.17, 15) is 9.59 Å². The highest BCUT2D eigenvalue weighted by atomic mass is 32.2. The van der Waals surface area contributed by atoms with E-state index in [0.717, 1.165) is 18.0 Å². The van der Waals surface area contributed by atoms with E-state index in [0.29, 0.717) is 23.6 Å². The van der Waals surface area contributed by atoms with Gasteiger partial charge >= 0.3 is 12.0 Å². The molecule has 146 valence electrons. The molecule has 0 saturated heterocycles. The minimum absolute atomic E-state index is 0.248. The predicted molar refractivity (Wildman–Crippen MR) is 106 cm³/mol. The molecule has 0 unspecified atom stereocenters. The first kappa shape index (κ1) is 18.5. The van der Waals surface area contributed by atoms with Gasteiger partial charge in [-0.15, -0.1) is 11.8 Å². The van der Waals surface area contributed by atoms with Gasteiger partial charge in [0.1, 0.15) is 11.8 Å². The first-order valence-electron chi connectivity index (χ1n) is 9.15. The summed E-state index contributed by atoms with van der Waals surface area (Å²) in [5, 5.41) is 5.58. The van der Waals surface area contributed by atoms with Crippen molar-refractivity contribution >= 4 is 29.4 Å². The van der Waals surface area contributed by atoms with Gasteiger partial charge < -0.3 is 24.7 Å². The van der Waals surface area contributed by atoms with Crippen LogP contribution >= 0.6 is 11.8 Å². The van der Waals surface area contributed by atoms with Crippen LogP contribution in [0.25, 0.3) is 0 Å². The number of anilines is 1. The number of thioether (sulfide) groups is 1. The number of para-hydroxylation sites is 1. The number of nitrogens with zero attached hydrogens (tertiary/aromatic N) is 1. The third-order valence-corrected chi connectivity index (χ3v) is 5.69. The highest BCUT2D eigenvalue weighted by Gasteiger charge is 2.36. The van der Waals surface area contributed by atoms with Crippen LogP contribution < -0.4 is 15.5 Å². The van der Waals surface area contributed by atoms with Crippen LogP contribution in [0.1, 0.15) is 18.7 Å². The predicted octanol–water partition coefficient (Wildman–Crippen LogP) is 3.06. The normalized spacial score (nSPS) is 19.0. The molecule has 7 nitrogen and oxygen atoms in total. The zero-order chi connectivity index (χ0) is 19.5. The number of amides is 2. The Hall–Kier alpha value is -2.87. The van der Waals surface area contributed by atoms with Crippen LogP contribution in [0.15, 0.2) is 63.2 Å². The number of carbonyl (C=O) groups is 2. The highest BCUT2D eigenvalue weighted by Crippen LogP contribution is 2.36. The fourth-order valence-electron chi connectivity index (χ4n) is 3.44. The second-order valence-corrected chi connectivity index (χ2v) is 7.53. The molecule has 0 bridgehead atoms. The topological polar surface area (TPSA) is 83.8 Å². The Morgan fingerprint density at radius 2 is 2.18 bits per heavy atom. The van der Waals surface area contributed by atoms with E-state index in [4.69, 9.17) is 9.15 Å². The van der Waals surface area contributed by atoms with E-state index in [1.54, 1.807) is 30.8 Å². The average Bonchev–Trinajstić information content (AvgIpc) is 3.23. The lowest BCUT2D eigenvalue weighted by Crippen LogP contribution is -2.49. The summed E-state index contributed by atoms with van der Waals surface area (Å²) in [4.78, 5) is 28.5. The largest absolute Gasteiger partial charge is 0.467 e. The zero-order valence-corrected chi connectivity index (χ0v) is 16.3. The quantitative estimate of drug-likeness (QED) is 0.752. The molecule has 1 aromatic heterocycles. The Kier molecular flexibility index (Phi) is 5.29. The number of furan rings is 1. The zero-order valence-electron chi connectivity index (χ0n) is 15.4. The van der Waals surface area contributed by atoms with Gasteiger partial charge in [-0.3, -0.25) is 0 Å². The molecule has 0 spiro atoms. The lowest BCUT2D eigenvalue weighted by molar-refractivity contribution is -0.139. The average molecular weight is 399 g/mol. The summed E-state index contributed by atoms with van der Waals surface area (Å²) in [6.07, 6.45) is 1.52. The number of nitrogens with one attached hydrogen (secondary N) is 2. The highest BCUT2D eigenvalue weighted by molar-refractivity contribution is 7.99. The third kappa shape index (κ3) is 3.60. The minimum atomic E-state index is -0.688. The fraction of sp³-hybridized carbons (Fsp3) is 0.300. The van der Waals surface area contributed by atoms with E-state index >= 15 is 0 Å². The molecule has 0 saturated carbocycles. The molecule has 0 aliphatic carbocycles. The van der Waals surface area contributed by atoms with Crippen LogP contribution in [-0.2, 0) is 9.53 Å². The van der Waals surface area contributed by atoms with Crippen LogP contribution in [0.2, 0.25) is 0 Å². The van der Waals surface area contributed by atoms with Gasteiger partial charge in [-0.1, -0.05) is 12.1 Å². The molecule has 0 radical (unpaired) electrons. The number of hydrogen-bond donors (Lipinski definition) is 2. The Morgan fingerprint density at radius 3 is 2.96 bits per heavy atom. The summed E-state index contributed by atoms with van der Waals surface area (Å²) < 4.78 is 10.8. The summed E-state index contributed by atoms with van der Waals surface area (Å²) in [6, 6.07) is 10.5. The maximum Gasteiger partial charge on any atom is 0.338 e. The molecule has 2 aliphatic rings. The Labute approximate surface area is 167 Å². The van der Waals surface area contributed by atoms with Crippen molar-refractivity contribution in [2.24, 2.45) is 0 Å². The first-order chi connectivity index (χ1) is 13.7. The number of hydrogen-bond acceptors (Lipinski definition) is 6. The number of fused-ring (bicyclic) bond motifs is 1. The third-order valence-electron chi connectivity index (χ3n) is 4.65. The van der Waals surface area contributed by atoms with Crippen molar-refractivity contribution in [2.75, 3.05) is 30.3 Å². The van der Waals surface area contributed by atoms with Gasteiger partial charge in [0, 0.05) is 17.2 Å². The molecule has 3 heterocycles. The van der Waals surface area contributed by atoms with E-state index in [2.05, 4.69) is 27.7 Å². The monoisotopic (exact) mass is 399 g/mol. The van der Waals surface area contributed by atoms with E-state index in [1.165, 1.54) is 11.2 Å². The number of ether oxygens (including phenoxy) is 1. The maximum atomic E-state index is 12.8. The Balaban J connectivity index is 1.73. The second kappa shape index (κ2) is 8.02. The molecular formula is C20H21N3O4S. The smallest absolute Gasteiger partial charge is 0.338 e. The number of urea groups is 1. The molecule has 2 amide bonds. The minimum Gasteiger partial charge on any atom is -0.467 e. The van der Waals surface area contributed by atoms with Crippen LogP contribution in [0.5, 0.6) is 0 Å². The Bertz CT molecular complexity index is 910. The standard InChI is InChI=1S/C20H21N3O4S/c1-2-26-19(24)17-13(21-20(25)22-18(17)15-7-5-10-27-15)12-23-9-11-28-16-8-4-3-6-14(16)23/h3-8,10,18H,2,9,11-12H2,1H3,(H2,21,22,25)/t18-/m0/s1. The van der Waals surface area contributed by atoms with Crippen molar-refractivity contribution in [2.45, 2.75) is 17.9 Å². The van der Waals surface area contributed by atoms with Gasteiger partial charge in [-0.05, 0) is 31.2 Å². The SMILES string of the molecule is CCOC(=O)C1=C(CN2CCSc3ccccc32)NC(=O)N[C@H]1c1ccco1. The number of carbonyl (C=O) groups excluding carboxylic acids is 2. The second-order valence-electron chi connectivity index (χ2n) is 6.40. The summed E-state index contributed by atoms with van der Waals surface area (Å²) in [5.41, 5.74) is 1.99. The number of benzene rings is 1. The lowest BCUT2D eigenvalue weighted by atomic mass is 9.99. The van der Waals surface area contributed by atoms with Crippen molar-refractivity contribution in [3.63, 3.8) is 0 Å². The van der Waals surface area contributed by atoms with E-state index < -0.39 is 12.0 Å². The van der Waals surface area contributed by atoms with Crippen molar-refractivity contribution in [3.05, 3.63) is 59.7 Å². The van der Waals surface area contributed by atoms with Gasteiger partial charge in [0.05, 0.1) is 36.4 Å². The maximum absolute atomic E-state index is 12.8. The molecule has 2 N–H and O–H groups in total. The van der Waals surface area contributed by atoms with Gasteiger partial charge in [0.25, 0.3) is 0 Å². The molecule has 8 heteroatoms. The van der Waals surface area contributed by atoms with Crippen molar-refractivity contribution in [1.82, 2.24) is 10.6 Å². The van der Waals surface area contributed by atoms with Gasteiger partial charge in [0.15, 0.2) is 0 Å². The number of rotatable bonds is 5. The van der Waals surface area contributed by atoms with Crippen LogP contribution in [-0.4, -0.2) is 37.4 Å². The molecule has 2 aliphatic heterocycles. The summed E-state index contributed by atoms with van der Waals surface area (Å²) in [7, 11) is 0. The fourth-order valence-corrected chi connectivity index (χ4v) is 4.49. The van der Waals surface area contributed by atoms with Gasteiger partial charge in [-0.25, -0.2) is 9.59 Å². The van der Waals surface area contributed by atoms with Crippen molar-refractivity contribution in [1.29, 1.82) is 0 Å². The van der Waals surface area contributed by atoms with Crippen LogP contribution in [0, 0.1) is 0 Å². The summed E-state index contributed by atoms with van der Waals surface area (Å²) >= 11 is 1.80. The molecule has 1 aromatic carbocycles. The van der Waals surface area contributed by atoms with Gasteiger partial charge in [0.2, 0.25) is 0 Å². The molecular weight excluding hydrogens is 378 g/mol. The van der Waals surface area contributed by atoms with Crippen molar-refractivity contribution < 1.29 is 18.7 Å². The van der Waals surface area contributed by atoms with E-state index in [-0.39, 0.29) is 12.6 Å². The van der Waals surface area contributed by atoms with Crippen molar-refractivity contribution in [3.8, 4) is 0 Å². The molecule has 4 rings (SSSR count). The number of esters is 1. The molecule has 28 heavy (non-hydrogen) atoms.